The topological polar surface area (TPSA) is 29.3 Å². The van der Waals surface area contributed by atoms with Gasteiger partial charge in [-0.1, -0.05) is 39.3 Å². The summed E-state index contributed by atoms with van der Waals surface area (Å²) in [5, 5.41) is 0. The summed E-state index contributed by atoms with van der Waals surface area (Å²) >= 11 is 0. The van der Waals surface area contributed by atoms with Gasteiger partial charge in [0, 0.05) is 25.3 Å². The maximum Gasteiger partial charge on any atom is 0.0363 e. The average Bonchev–Trinajstić information content (AvgIpc) is 2.37. The molecule has 0 aliphatic heterocycles. The van der Waals surface area contributed by atoms with Crippen LogP contribution in [0.4, 0.5) is 5.69 Å². The number of hydrogen-bond acceptors (Lipinski definition) is 2. The lowest BCUT2D eigenvalue weighted by molar-refractivity contribution is 0.560. The largest absolute Gasteiger partial charge is 0.374 e. The minimum Gasteiger partial charge on any atom is -0.374 e. The summed E-state index contributed by atoms with van der Waals surface area (Å²) in [6, 6.07) is 8.82. The van der Waals surface area contributed by atoms with E-state index in [9.17, 15) is 0 Å². The fourth-order valence-corrected chi connectivity index (χ4v) is 1.91. The molecule has 1 aromatic carbocycles. The Kier molecular flexibility index (Phi) is 5.49. The van der Waals surface area contributed by atoms with E-state index in [1.165, 1.54) is 17.7 Å². The molecule has 0 saturated carbocycles. The number of anilines is 1. The Labute approximate surface area is 106 Å². The van der Waals surface area contributed by atoms with E-state index in [4.69, 9.17) is 5.73 Å². The number of hydrogen-bond donors (Lipinski definition) is 1. The van der Waals surface area contributed by atoms with Gasteiger partial charge in [-0.3, -0.25) is 0 Å². The van der Waals surface area contributed by atoms with Crippen LogP contribution in [0.5, 0.6) is 0 Å². The molecule has 0 saturated heterocycles. The quantitative estimate of drug-likeness (QED) is 0.815. The van der Waals surface area contributed by atoms with Crippen molar-refractivity contribution in [3.63, 3.8) is 0 Å². The van der Waals surface area contributed by atoms with E-state index in [0.29, 0.717) is 0 Å². The van der Waals surface area contributed by atoms with Gasteiger partial charge in [0.1, 0.15) is 0 Å². The first-order valence-corrected chi connectivity index (χ1v) is 6.65. The van der Waals surface area contributed by atoms with Crippen molar-refractivity contribution in [3.8, 4) is 0 Å². The predicted octanol–water partition coefficient (Wildman–Crippen LogP) is 3.58. The first kappa shape index (κ1) is 14.0. The molecular formula is C15H26N2. The summed E-state index contributed by atoms with van der Waals surface area (Å²) in [7, 11) is 2.15. The van der Waals surface area contributed by atoms with Crippen molar-refractivity contribution in [2.24, 2.45) is 11.7 Å². The normalized spacial score (nSPS) is 14.4. The average molecular weight is 234 g/mol. The number of nitrogens with zero attached hydrogens (tertiary/aromatic N) is 1. The Balaban J connectivity index is 2.66. The Morgan fingerprint density at radius 1 is 1.12 bits per heavy atom. The van der Waals surface area contributed by atoms with E-state index in [1.54, 1.807) is 0 Å². The zero-order valence-electron chi connectivity index (χ0n) is 11.6. The number of benzene rings is 1. The molecule has 17 heavy (non-hydrogen) atoms. The van der Waals surface area contributed by atoms with Crippen molar-refractivity contribution in [2.45, 2.75) is 39.7 Å². The van der Waals surface area contributed by atoms with Gasteiger partial charge in [-0.2, -0.15) is 0 Å². The molecule has 0 amide bonds. The molecule has 1 unspecified atom stereocenters. The molecule has 0 heterocycles. The summed E-state index contributed by atoms with van der Waals surface area (Å²) in [4.78, 5) is 2.31. The maximum absolute atomic E-state index is 6.01. The van der Waals surface area contributed by atoms with Gasteiger partial charge in [0.2, 0.25) is 0 Å². The lowest BCUT2D eigenvalue weighted by atomic mass is 10.0. The van der Waals surface area contributed by atoms with Gasteiger partial charge in [0.25, 0.3) is 0 Å². The van der Waals surface area contributed by atoms with Crippen LogP contribution in [0.2, 0.25) is 0 Å². The third kappa shape index (κ3) is 4.04. The minimum atomic E-state index is 0.170. The van der Waals surface area contributed by atoms with Crippen LogP contribution in [0, 0.1) is 5.92 Å². The molecule has 0 fully saturated rings. The summed E-state index contributed by atoms with van der Waals surface area (Å²) in [5.74, 6) is 0.734. The zero-order chi connectivity index (χ0) is 12.8. The van der Waals surface area contributed by atoms with E-state index in [0.717, 1.165) is 18.9 Å². The molecule has 0 spiro atoms. The van der Waals surface area contributed by atoms with Gasteiger partial charge < -0.3 is 10.6 Å². The molecule has 1 rings (SSSR count). The number of nitrogens with two attached hydrogens (primary N) is 1. The first-order valence-electron chi connectivity index (χ1n) is 6.65. The number of rotatable bonds is 6. The van der Waals surface area contributed by atoms with Gasteiger partial charge in [0.15, 0.2) is 0 Å². The van der Waals surface area contributed by atoms with Crippen molar-refractivity contribution >= 4 is 5.69 Å². The molecule has 0 radical (unpaired) electrons. The zero-order valence-corrected chi connectivity index (χ0v) is 11.6. The third-order valence-electron chi connectivity index (χ3n) is 3.48. The summed E-state index contributed by atoms with van der Waals surface area (Å²) in [5.41, 5.74) is 8.51. The standard InChI is InChI=1S/C15H26N2/c1-5-12(3)11-17(4)14-9-7-13(8-10-14)15(16)6-2/h7-10,12,15H,5-6,11,16H2,1-4H3/t12?,15-/m0/s1. The van der Waals surface area contributed by atoms with Gasteiger partial charge in [-0.05, 0) is 30.0 Å². The van der Waals surface area contributed by atoms with Crippen LogP contribution < -0.4 is 10.6 Å². The fourth-order valence-electron chi connectivity index (χ4n) is 1.91. The van der Waals surface area contributed by atoms with Crippen LogP contribution in [0.1, 0.15) is 45.2 Å². The molecule has 1 aromatic rings. The Morgan fingerprint density at radius 3 is 2.18 bits per heavy atom. The fraction of sp³-hybridized carbons (Fsp3) is 0.600. The predicted molar refractivity (Wildman–Crippen MR) is 76.4 cm³/mol. The van der Waals surface area contributed by atoms with E-state index in [-0.39, 0.29) is 6.04 Å². The molecule has 0 bridgehead atoms. The summed E-state index contributed by atoms with van der Waals surface area (Å²) in [6.45, 7) is 7.75. The van der Waals surface area contributed by atoms with Gasteiger partial charge >= 0.3 is 0 Å². The Morgan fingerprint density at radius 2 is 1.71 bits per heavy atom. The highest BCUT2D eigenvalue weighted by Crippen LogP contribution is 2.20. The Hall–Kier alpha value is -1.02. The second kappa shape index (κ2) is 6.65. The van der Waals surface area contributed by atoms with Crippen molar-refractivity contribution in [1.82, 2.24) is 0 Å². The van der Waals surface area contributed by atoms with Gasteiger partial charge in [-0.25, -0.2) is 0 Å². The molecule has 2 nitrogen and oxygen atoms in total. The molecule has 96 valence electrons. The highest BCUT2D eigenvalue weighted by Gasteiger charge is 2.07. The van der Waals surface area contributed by atoms with Crippen molar-refractivity contribution in [2.75, 3.05) is 18.5 Å². The lowest BCUT2D eigenvalue weighted by Crippen LogP contribution is -2.23. The van der Waals surface area contributed by atoms with Crippen LogP contribution >= 0.6 is 0 Å². The van der Waals surface area contributed by atoms with Gasteiger partial charge in [-0.15, -0.1) is 0 Å². The molecule has 2 heteroatoms. The van der Waals surface area contributed by atoms with Crippen LogP contribution in [0.3, 0.4) is 0 Å². The highest BCUT2D eigenvalue weighted by atomic mass is 15.1. The molecule has 2 atom stereocenters. The van der Waals surface area contributed by atoms with Crippen molar-refractivity contribution < 1.29 is 0 Å². The van der Waals surface area contributed by atoms with E-state index >= 15 is 0 Å². The highest BCUT2D eigenvalue weighted by molar-refractivity contribution is 5.47. The SMILES string of the molecule is CCC(C)CN(C)c1ccc([C@@H](N)CC)cc1. The second-order valence-corrected chi connectivity index (χ2v) is 5.00. The monoisotopic (exact) mass is 234 g/mol. The molecule has 0 aliphatic carbocycles. The van der Waals surface area contributed by atoms with Crippen LogP contribution in [-0.4, -0.2) is 13.6 Å². The molecule has 0 aromatic heterocycles. The van der Waals surface area contributed by atoms with Crippen LogP contribution in [0.25, 0.3) is 0 Å². The van der Waals surface area contributed by atoms with Crippen molar-refractivity contribution in [1.29, 1.82) is 0 Å². The molecule has 0 aliphatic rings. The van der Waals surface area contributed by atoms with Crippen LogP contribution in [0.15, 0.2) is 24.3 Å². The summed E-state index contributed by atoms with van der Waals surface area (Å²) < 4.78 is 0. The maximum atomic E-state index is 6.01. The lowest BCUT2D eigenvalue weighted by Gasteiger charge is -2.23. The molecule has 2 N–H and O–H groups in total. The summed E-state index contributed by atoms with van der Waals surface area (Å²) in [6.07, 6.45) is 2.21. The Bertz CT molecular complexity index is 318. The minimum absolute atomic E-state index is 0.170. The van der Waals surface area contributed by atoms with E-state index in [2.05, 4.69) is 57.0 Å². The van der Waals surface area contributed by atoms with Crippen molar-refractivity contribution in [3.05, 3.63) is 29.8 Å². The molecular weight excluding hydrogens is 208 g/mol. The van der Waals surface area contributed by atoms with E-state index < -0.39 is 0 Å². The van der Waals surface area contributed by atoms with E-state index in [1.807, 2.05) is 0 Å². The first-order chi connectivity index (χ1) is 8.08. The third-order valence-corrected chi connectivity index (χ3v) is 3.48. The second-order valence-electron chi connectivity index (χ2n) is 5.00. The van der Waals surface area contributed by atoms with Crippen LogP contribution in [-0.2, 0) is 0 Å². The van der Waals surface area contributed by atoms with Gasteiger partial charge in [0.05, 0.1) is 0 Å². The smallest absolute Gasteiger partial charge is 0.0363 e.